The standard InChI is InChI=1S/C15H10ClFN4S/c16-9-3-1-4-10(17)14(9)12-7-11(13-5-2-6-22-13)20-15-18-8-19-21(12)15/h1-8,12H,(H,18,19,20)/t12-/m1/s1. The minimum absolute atomic E-state index is 0.359. The summed E-state index contributed by atoms with van der Waals surface area (Å²) in [6, 6.07) is 8.19. The molecule has 1 atom stereocenters. The number of anilines is 1. The van der Waals surface area contributed by atoms with Crippen LogP contribution in [0.2, 0.25) is 5.02 Å². The molecule has 0 aliphatic carbocycles. The van der Waals surface area contributed by atoms with Crippen LogP contribution in [0.25, 0.3) is 5.70 Å². The van der Waals surface area contributed by atoms with E-state index in [1.54, 1.807) is 28.2 Å². The van der Waals surface area contributed by atoms with Crippen LogP contribution in [0, 0.1) is 5.82 Å². The lowest BCUT2D eigenvalue weighted by Crippen LogP contribution is -2.21. The second-order valence-electron chi connectivity index (χ2n) is 4.79. The fourth-order valence-corrected chi connectivity index (χ4v) is 3.49. The quantitative estimate of drug-likeness (QED) is 0.765. The molecule has 0 fully saturated rings. The van der Waals surface area contributed by atoms with Gasteiger partial charge in [0.15, 0.2) is 0 Å². The summed E-state index contributed by atoms with van der Waals surface area (Å²) in [5.74, 6) is 0.206. The molecule has 0 amide bonds. The van der Waals surface area contributed by atoms with Gasteiger partial charge in [0.1, 0.15) is 18.2 Å². The van der Waals surface area contributed by atoms with Crippen LogP contribution in [0.4, 0.5) is 10.3 Å². The van der Waals surface area contributed by atoms with Crippen LogP contribution >= 0.6 is 22.9 Å². The zero-order valence-corrected chi connectivity index (χ0v) is 12.8. The fraction of sp³-hybridized carbons (Fsp3) is 0.0667. The van der Waals surface area contributed by atoms with Crippen molar-refractivity contribution in [3.63, 3.8) is 0 Å². The summed E-state index contributed by atoms with van der Waals surface area (Å²) in [4.78, 5) is 5.24. The van der Waals surface area contributed by atoms with Crippen LogP contribution in [0.15, 0.2) is 48.1 Å². The number of aromatic nitrogens is 3. The lowest BCUT2D eigenvalue weighted by atomic mass is 10.0. The first-order chi connectivity index (χ1) is 10.7. The second-order valence-corrected chi connectivity index (χ2v) is 6.15. The molecule has 0 saturated heterocycles. The summed E-state index contributed by atoms with van der Waals surface area (Å²) in [6.45, 7) is 0. The highest BCUT2D eigenvalue weighted by Crippen LogP contribution is 2.36. The van der Waals surface area contributed by atoms with Crippen molar-refractivity contribution in [1.82, 2.24) is 14.8 Å². The van der Waals surface area contributed by atoms with E-state index in [4.69, 9.17) is 11.6 Å². The molecule has 110 valence electrons. The molecule has 7 heteroatoms. The second kappa shape index (κ2) is 5.23. The summed E-state index contributed by atoms with van der Waals surface area (Å²) in [6.07, 6.45) is 3.35. The molecule has 0 saturated carbocycles. The van der Waals surface area contributed by atoms with E-state index < -0.39 is 6.04 Å². The Hall–Kier alpha value is -2.18. The third-order valence-corrected chi connectivity index (χ3v) is 4.72. The van der Waals surface area contributed by atoms with Gasteiger partial charge in [-0.1, -0.05) is 23.7 Å². The maximum absolute atomic E-state index is 14.3. The maximum Gasteiger partial charge on any atom is 0.226 e. The van der Waals surface area contributed by atoms with Crippen LogP contribution in [-0.2, 0) is 0 Å². The van der Waals surface area contributed by atoms with E-state index in [1.807, 2.05) is 23.6 Å². The Kier molecular flexibility index (Phi) is 3.20. The topological polar surface area (TPSA) is 42.7 Å². The van der Waals surface area contributed by atoms with Gasteiger partial charge in [-0.3, -0.25) is 0 Å². The van der Waals surface area contributed by atoms with Crippen molar-refractivity contribution in [3.8, 4) is 0 Å². The monoisotopic (exact) mass is 332 g/mol. The number of allylic oxidation sites excluding steroid dienone is 1. The van der Waals surface area contributed by atoms with Crippen molar-refractivity contribution in [2.75, 3.05) is 5.32 Å². The predicted molar refractivity (Wildman–Crippen MR) is 85.5 cm³/mol. The highest BCUT2D eigenvalue weighted by molar-refractivity contribution is 7.11. The molecule has 1 aliphatic heterocycles. The molecule has 3 heterocycles. The molecule has 0 unspecified atom stereocenters. The number of benzene rings is 1. The largest absolute Gasteiger partial charge is 0.323 e. The van der Waals surface area contributed by atoms with Crippen LogP contribution in [0.5, 0.6) is 0 Å². The SMILES string of the molecule is Fc1cccc(Cl)c1[C@H]1C=C(c2cccs2)Nc2ncnn21. The Morgan fingerprint density at radius 2 is 2.18 bits per heavy atom. The van der Waals surface area contributed by atoms with Gasteiger partial charge in [0.2, 0.25) is 5.95 Å². The Morgan fingerprint density at radius 3 is 2.95 bits per heavy atom. The number of nitrogens with one attached hydrogen (secondary N) is 1. The zero-order chi connectivity index (χ0) is 15.1. The molecule has 4 nitrogen and oxygen atoms in total. The van der Waals surface area contributed by atoms with Crippen LogP contribution in [-0.4, -0.2) is 14.8 Å². The average Bonchev–Trinajstić information content (AvgIpc) is 3.18. The van der Waals surface area contributed by atoms with Gasteiger partial charge in [-0.2, -0.15) is 10.1 Å². The van der Waals surface area contributed by atoms with E-state index in [0.29, 0.717) is 16.5 Å². The van der Waals surface area contributed by atoms with Crippen molar-refractivity contribution >= 4 is 34.6 Å². The third-order valence-electron chi connectivity index (χ3n) is 3.49. The Labute approximate surface area is 134 Å². The molecule has 2 aromatic heterocycles. The van der Waals surface area contributed by atoms with Crippen LogP contribution < -0.4 is 5.32 Å². The highest BCUT2D eigenvalue weighted by Gasteiger charge is 2.27. The molecule has 1 aliphatic rings. The molecule has 3 aromatic rings. The minimum Gasteiger partial charge on any atom is -0.323 e. The molecular weight excluding hydrogens is 323 g/mol. The number of hydrogen-bond donors (Lipinski definition) is 1. The van der Waals surface area contributed by atoms with Crippen molar-refractivity contribution in [3.05, 3.63) is 69.4 Å². The normalized spacial score (nSPS) is 16.8. The minimum atomic E-state index is -0.440. The Morgan fingerprint density at radius 1 is 1.27 bits per heavy atom. The Balaban J connectivity index is 1.90. The summed E-state index contributed by atoms with van der Waals surface area (Å²) in [5.41, 5.74) is 1.27. The lowest BCUT2D eigenvalue weighted by molar-refractivity contribution is 0.552. The first-order valence-electron chi connectivity index (χ1n) is 6.60. The van der Waals surface area contributed by atoms with E-state index >= 15 is 0 Å². The van der Waals surface area contributed by atoms with Gasteiger partial charge < -0.3 is 5.32 Å². The summed E-state index contributed by atoms with van der Waals surface area (Å²) >= 11 is 7.82. The van der Waals surface area contributed by atoms with E-state index in [-0.39, 0.29) is 5.82 Å². The molecular formula is C15H10ClFN4S. The van der Waals surface area contributed by atoms with Gasteiger partial charge in [-0.15, -0.1) is 11.3 Å². The molecule has 22 heavy (non-hydrogen) atoms. The van der Waals surface area contributed by atoms with Gasteiger partial charge in [0, 0.05) is 10.6 Å². The highest BCUT2D eigenvalue weighted by atomic mass is 35.5. The van der Waals surface area contributed by atoms with Crippen LogP contribution in [0.3, 0.4) is 0 Å². The molecule has 0 bridgehead atoms. The zero-order valence-electron chi connectivity index (χ0n) is 11.2. The summed E-state index contributed by atoms with van der Waals surface area (Å²) in [5, 5.41) is 9.76. The number of fused-ring (bicyclic) bond motifs is 1. The van der Waals surface area contributed by atoms with Gasteiger partial charge in [-0.25, -0.2) is 9.07 Å². The van der Waals surface area contributed by atoms with Crippen LogP contribution in [0.1, 0.15) is 16.5 Å². The number of thiophene rings is 1. The van der Waals surface area contributed by atoms with E-state index in [0.717, 1.165) is 10.6 Å². The number of nitrogens with zero attached hydrogens (tertiary/aromatic N) is 3. The van der Waals surface area contributed by atoms with Crippen molar-refractivity contribution < 1.29 is 4.39 Å². The van der Waals surface area contributed by atoms with Gasteiger partial charge in [0.25, 0.3) is 0 Å². The lowest BCUT2D eigenvalue weighted by Gasteiger charge is -2.24. The van der Waals surface area contributed by atoms with Gasteiger partial charge in [-0.05, 0) is 29.7 Å². The number of halogens is 2. The summed E-state index contributed by atoms with van der Waals surface area (Å²) < 4.78 is 15.9. The first-order valence-corrected chi connectivity index (χ1v) is 7.86. The number of hydrogen-bond acceptors (Lipinski definition) is 4. The van der Waals surface area contributed by atoms with Gasteiger partial charge in [0.05, 0.1) is 10.6 Å². The molecule has 1 N–H and O–H groups in total. The Bertz CT molecular complexity index is 836. The molecule has 0 radical (unpaired) electrons. The van der Waals surface area contributed by atoms with E-state index in [1.165, 1.54) is 12.4 Å². The third kappa shape index (κ3) is 2.12. The summed E-state index contributed by atoms with van der Waals surface area (Å²) in [7, 11) is 0. The van der Waals surface area contributed by atoms with Crippen molar-refractivity contribution in [1.29, 1.82) is 0 Å². The van der Waals surface area contributed by atoms with E-state index in [9.17, 15) is 4.39 Å². The van der Waals surface area contributed by atoms with Gasteiger partial charge >= 0.3 is 0 Å². The van der Waals surface area contributed by atoms with Crippen molar-refractivity contribution in [2.45, 2.75) is 6.04 Å². The molecule has 1 aromatic carbocycles. The first kappa shape index (κ1) is 13.5. The number of rotatable bonds is 2. The molecule has 0 spiro atoms. The maximum atomic E-state index is 14.3. The predicted octanol–water partition coefficient (Wildman–Crippen LogP) is 4.19. The van der Waals surface area contributed by atoms with Crippen molar-refractivity contribution in [2.24, 2.45) is 0 Å². The fourth-order valence-electron chi connectivity index (χ4n) is 2.51. The smallest absolute Gasteiger partial charge is 0.226 e. The van der Waals surface area contributed by atoms with E-state index in [2.05, 4.69) is 15.4 Å². The average molecular weight is 333 g/mol. The molecule has 4 rings (SSSR count).